The van der Waals surface area contributed by atoms with Gasteiger partial charge >= 0.3 is 0 Å². The lowest BCUT2D eigenvalue weighted by molar-refractivity contribution is -0.384. The summed E-state index contributed by atoms with van der Waals surface area (Å²) in [5.74, 6) is -0.352. The molecular weight excluding hydrogens is 295 g/mol. The molecule has 0 amide bonds. The normalized spacial score (nSPS) is 10.6. The van der Waals surface area contributed by atoms with Gasteiger partial charge in [0.05, 0.1) is 4.92 Å². The molecule has 0 atom stereocenters. The van der Waals surface area contributed by atoms with E-state index in [2.05, 4.69) is 5.32 Å². The molecule has 2 aromatic carbocycles. The van der Waals surface area contributed by atoms with E-state index < -0.39 is 4.92 Å². The largest absolute Gasteiger partial charge is 0.312 e. The van der Waals surface area contributed by atoms with E-state index in [0.717, 1.165) is 17.5 Å². The lowest BCUT2D eigenvalue weighted by Crippen LogP contribution is -2.17. The number of nitro benzene ring substituents is 1. The first-order valence-corrected chi connectivity index (χ1v) is 6.82. The predicted molar refractivity (Wildman–Crippen MR) is 79.9 cm³/mol. The van der Waals surface area contributed by atoms with Gasteiger partial charge in [0.1, 0.15) is 5.82 Å². The standard InChI is InChI=1S/C15H14ClFN2O2/c16-15-9-13(17)4-3-12(15)10-18-8-7-11-1-5-14(6-2-11)19(20)21/h1-6,9,18H,7-8,10H2. The molecule has 0 aliphatic heterocycles. The van der Waals surface area contributed by atoms with E-state index in [1.54, 1.807) is 18.2 Å². The van der Waals surface area contributed by atoms with Crippen molar-refractivity contribution in [1.29, 1.82) is 0 Å². The summed E-state index contributed by atoms with van der Waals surface area (Å²) in [7, 11) is 0. The minimum atomic E-state index is -0.418. The molecular formula is C15H14ClFN2O2. The minimum absolute atomic E-state index is 0.0878. The zero-order chi connectivity index (χ0) is 15.2. The zero-order valence-electron chi connectivity index (χ0n) is 11.2. The Morgan fingerprint density at radius 2 is 1.90 bits per heavy atom. The van der Waals surface area contributed by atoms with E-state index in [4.69, 9.17) is 11.6 Å². The highest BCUT2D eigenvalue weighted by Gasteiger charge is 2.04. The maximum absolute atomic E-state index is 12.9. The highest BCUT2D eigenvalue weighted by molar-refractivity contribution is 6.31. The molecule has 0 aliphatic rings. The molecule has 0 bridgehead atoms. The second kappa shape index (κ2) is 7.15. The summed E-state index contributed by atoms with van der Waals surface area (Å²) in [6, 6.07) is 10.8. The van der Waals surface area contributed by atoms with Gasteiger partial charge < -0.3 is 5.32 Å². The zero-order valence-corrected chi connectivity index (χ0v) is 11.9. The Bertz CT molecular complexity index is 632. The van der Waals surface area contributed by atoms with Crippen molar-refractivity contribution >= 4 is 17.3 Å². The highest BCUT2D eigenvalue weighted by atomic mass is 35.5. The van der Waals surface area contributed by atoms with Crippen molar-refractivity contribution in [3.63, 3.8) is 0 Å². The molecule has 2 aromatic rings. The number of benzene rings is 2. The molecule has 0 radical (unpaired) electrons. The Kier molecular flexibility index (Phi) is 5.25. The molecule has 2 rings (SSSR count). The number of rotatable bonds is 6. The Hall–Kier alpha value is -1.98. The van der Waals surface area contributed by atoms with E-state index in [1.807, 2.05) is 0 Å². The van der Waals surface area contributed by atoms with Crippen LogP contribution >= 0.6 is 11.6 Å². The molecule has 4 nitrogen and oxygen atoms in total. The third-order valence-corrected chi connectivity index (χ3v) is 3.42. The first-order chi connectivity index (χ1) is 10.1. The molecule has 0 heterocycles. The van der Waals surface area contributed by atoms with Gasteiger partial charge in [0, 0.05) is 23.7 Å². The average molecular weight is 309 g/mol. The first-order valence-electron chi connectivity index (χ1n) is 6.44. The van der Waals surface area contributed by atoms with Crippen molar-refractivity contribution in [1.82, 2.24) is 5.32 Å². The fourth-order valence-corrected chi connectivity index (χ4v) is 2.14. The van der Waals surface area contributed by atoms with Gasteiger partial charge in [0.25, 0.3) is 5.69 Å². The molecule has 0 aromatic heterocycles. The number of non-ortho nitro benzene ring substituents is 1. The fourth-order valence-electron chi connectivity index (χ4n) is 1.91. The number of nitrogens with zero attached hydrogens (tertiary/aromatic N) is 1. The van der Waals surface area contributed by atoms with E-state index in [-0.39, 0.29) is 11.5 Å². The van der Waals surface area contributed by atoms with Gasteiger partial charge in [-0.25, -0.2) is 4.39 Å². The first kappa shape index (κ1) is 15.4. The van der Waals surface area contributed by atoms with Crippen LogP contribution in [0.2, 0.25) is 5.02 Å². The molecule has 0 spiro atoms. The Morgan fingerprint density at radius 3 is 2.52 bits per heavy atom. The number of nitrogens with one attached hydrogen (secondary N) is 1. The van der Waals surface area contributed by atoms with Crippen LogP contribution in [0.15, 0.2) is 42.5 Å². The summed E-state index contributed by atoms with van der Waals surface area (Å²) in [5, 5.41) is 14.1. The maximum atomic E-state index is 12.9. The van der Waals surface area contributed by atoms with Crippen LogP contribution in [0.5, 0.6) is 0 Å². The van der Waals surface area contributed by atoms with Gasteiger partial charge in [-0.3, -0.25) is 10.1 Å². The lowest BCUT2D eigenvalue weighted by atomic mass is 10.1. The van der Waals surface area contributed by atoms with Gasteiger partial charge in [0.15, 0.2) is 0 Å². The Balaban J connectivity index is 1.80. The number of hydrogen-bond donors (Lipinski definition) is 1. The number of hydrogen-bond acceptors (Lipinski definition) is 3. The van der Waals surface area contributed by atoms with Gasteiger partial charge in [-0.15, -0.1) is 0 Å². The SMILES string of the molecule is O=[N+]([O-])c1ccc(CCNCc2ccc(F)cc2Cl)cc1. The van der Waals surface area contributed by atoms with Crippen molar-refractivity contribution in [3.8, 4) is 0 Å². The third-order valence-electron chi connectivity index (χ3n) is 3.07. The van der Waals surface area contributed by atoms with Crippen LogP contribution in [0, 0.1) is 15.9 Å². The Labute approximate surface area is 126 Å². The van der Waals surface area contributed by atoms with Gasteiger partial charge in [-0.2, -0.15) is 0 Å². The average Bonchev–Trinajstić information content (AvgIpc) is 2.46. The molecule has 0 unspecified atom stereocenters. The van der Waals surface area contributed by atoms with Crippen LogP contribution in [0.1, 0.15) is 11.1 Å². The smallest absolute Gasteiger partial charge is 0.269 e. The van der Waals surface area contributed by atoms with Crippen LogP contribution in [-0.4, -0.2) is 11.5 Å². The van der Waals surface area contributed by atoms with Gasteiger partial charge in [0.2, 0.25) is 0 Å². The van der Waals surface area contributed by atoms with Crippen LogP contribution in [0.4, 0.5) is 10.1 Å². The number of nitro groups is 1. The van der Waals surface area contributed by atoms with Crippen molar-refractivity contribution in [2.45, 2.75) is 13.0 Å². The van der Waals surface area contributed by atoms with Gasteiger partial charge in [-0.05, 0) is 36.2 Å². The van der Waals surface area contributed by atoms with Crippen molar-refractivity contribution < 1.29 is 9.31 Å². The second-order valence-corrected chi connectivity index (χ2v) is 4.99. The molecule has 0 saturated carbocycles. The molecule has 21 heavy (non-hydrogen) atoms. The molecule has 110 valence electrons. The second-order valence-electron chi connectivity index (χ2n) is 4.59. The maximum Gasteiger partial charge on any atom is 0.269 e. The minimum Gasteiger partial charge on any atom is -0.312 e. The summed E-state index contributed by atoms with van der Waals surface area (Å²) in [6.45, 7) is 1.25. The molecule has 6 heteroatoms. The van der Waals surface area contributed by atoms with Crippen LogP contribution < -0.4 is 5.32 Å². The fraction of sp³-hybridized carbons (Fsp3) is 0.200. The van der Waals surface area contributed by atoms with E-state index in [1.165, 1.54) is 24.3 Å². The van der Waals surface area contributed by atoms with Crippen molar-refractivity contribution in [3.05, 3.63) is 74.5 Å². The van der Waals surface area contributed by atoms with Crippen molar-refractivity contribution in [2.75, 3.05) is 6.54 Å². The quantitative estimate of drug-likeness (QED) is 0.503. The number of halogens is 2. The summed E-state index contributed by atoms with van der Waals surface area (Å²) in [6.07, 6.45) is 0.747. The molecule has 0 aliphatic carbocycles. The van der Waals surface area contributed by atoms with Crippen LogP contribution in [0.25, 0.3) is 0 Å². The Morgan fingerprint density at radius 1 is 1.19 bits per heavy atom. The summed E-state index contributed by atoms with van der Waals surface area (Å²) >= 11 is 5.93. The highest BCUT2D eigenvalue weighted by Crippen LogP contribution is 2.17. The molecule has 0 fully saturated rings. The molecule has 0 saturated heterocycles. The summed E-state index contributed by atoms with van der Waals surface area (Å²) < 4.78 is 12.9. The topological polar surface area (TPSA) is 55.2 Å². The predicted octanol–water partition coefficient (Wildman–Crippen LogP) is 3.72. The third kappa shape index (κ3) is 4.51. The van der Waals surface area contributed by atoms with E-state index >= 15 is 0 Å². The van der Waals surface area contributed by atoms with Crippen LogP contribution in [0.3, 0.4) is 0 Å². The van der Waals surface area contributed by atoms with Crippen LogP contribution in [-0.2, 0) is 13.0 Å². The van der Waals surface area contributed by atoms with Gasteiger partial charge in [-0.1, -0.05) is 29.8 Å². The summed E-state index contributed by atoms with van der Waals surface area (Å²) in [5.41, 5.74) is 1.94. The van der Waals surface area contributed by atoms with E-state index in [9.17, 15) is 14.5 Å². The lowest BCUT2D eigenvalue weighted by Gasteiger charge is -2.07. The van der Waals surface area contributed by atoms with Crippen molar-refractivity contribution in [2.24, 2.45) is 0 Å². The summed E-state index contributed by atoms with van der Waals surface area (Å²) in [4.78, 5) is 10.1. The van der Waals surface area contributed by atoms with E-state index in [0.29, 0.717) is 18.1 Å². The molecule has 1 N–H and O–H groups in total. The monoisotopic (exact) mass is 308 g/mol.